The van der Waals surface area contributed by atoms with Crippen LogP contribution in [-0.4, -0.2) is 17.9 Å². The van der Waals surface area contributed by atoms with Crippen molar-refractivity contribution in [2.45, 2.75) is 12.7 Å². The SMILES string of the molecule is Cc1cccc(/C=N\NC(=O)CSCc2ccccc2)c1. The third-order valence-electron chi connectivity index (χ3n) is 2.79. The lowest BCUT2D eigenvalue weighted by Gasteiger charge is -2.01. The van der Waals surface area contributed by atoms with Gasteiger partial charge in [0.15, 0.2) is 0 Å². The zero-order chi connectivity index (χ0) is 14.9. The van der Waals surface area contributed by atoms with Crippen molar-refractivity contribution in [3.8, 4) is 0 Å². The summed E-state index contributed by atoms with van der Waals surface area (Å²) in [5.74, 6) is 1.15. The molecule has 1 amide bonds. The van der Waals surface area contributed by atoms with Gasteiger partial charge in [-0.25, -0.2) is 5.43 Å². The summed E-state index contributed by atoms with van der Waals surface area (Å²) in [6.45, 7) is 2.02. The summed E-state index contributed by atoms with van der Waals surface area (Å²) < 4.78 is 0. The Kier molecular flexibility index (Phi) is 6.03. The van der Waals surface area contributed by atoms with Crippen molar-refractivity contribution in [2.24, 2.45) is 5.10 Å². The molecule has 21 heavy (non-hydrogen) atoms. The topological polar surface area (TPSA) is 41.5 Å². The maximum atomic E-state index is 11.6. The van der Waals surface area contributed by atoms with Crippen LogP contribution in [0.15, 0.2) is 59.7 Å². The Morgan fingerprint density at radius 1 is 1.19 bits per heavy atom. The van der Waals surface area contributed by atoms with E-state index in [0.717, 1.165) is 11.3 Å². The van der Waals surface area contributed by atoms with Gasteiger partial charge in [-0.2, -0.15) is 5.10 Å². The maximum Gasteiger partial charge on any atom is 0.250 e. The molecule has 0 bridgehead atoms. The summed E-state index contributed by atoms with van der Waals surface area (Å²) in [5.41, 5.74) is 5.92. The molecule has 0 fully saturated rings. The molecular formula is C17H18N2OS. The Bertz CT molecular complexity index is 611. The molecular weight excluding hydrogens is 280 g/mol. The second kappa shape index (κ2) is 8.27. The summed E-state index contributed by atoms with van der Waals surface area (Å²) in [5, 5.41) is 3.97. The lowest BCUT2D eigenvalue weighted by molar-refractivity contribution is -0.118. The van der Waals surface area contributed by atoms with Gasteiger partial charge in [-0.05, 0) is 18.1 Å². The van der Waals surface area contributed by atoms with Crippen molar-refractivity contribution in [1.82, 2.24) is 5.43 Å². The van der Waals surface area contributed by atoms with E-state index >= 15 is 0 Å². The smallest absolute Gasteiger partial charge is 0.250 e. The zero-order valence-corrected chi connectivity index (χ0v) is 12.8. The number of hydrogen-bond acceptors (Lipinski definition) is 3. The standard InChI is InChI=1S/C17H18N2OS/c1-14-6-5-9-16(10-14)11-18-19-17(20)13-21-12-15-7-3-2-4-8-15/h2-11H,12-13H2,1H3,(H,19,20)/b18-11-. The number of hydrogen-bond donors (Lipinski definition) is 1. The molecule has 0 unspecified atom stereocenters. The number of nitrogens with one attached hydrogen (secondary N) is 1. The van der Waals surface area contributed by atoms with Crippen LogP contribution >= 0.6 is 11.8 Å². The van der Waals surface area contributed by atoms with Crippen molar-refractivity contribution < 1.29 is 4.79 Å². The average Bonchev–Trinajstić information content (AvgIpc) is 2.48. The minimum atomic E-state index is -0.0835. The number of carbonyl (C=O) groups excluding carboxylic acids is 1. The number of amides is 1. The molecule has 0 saturated carbocycles. The van der Waals surface area contributed by atoms with Gasteiger partial charge in [-0.1, -0.05) is 60.2 Å². The number of rotatable bonds is 6. The number of nitrogens with zero attached hydrogens (tertiary/aromatic N) is 1. The molecule has 108 valence electrons. The van der Waals surface area contributed by atoms with Gasteiger partial charge in [0.2, 0.25) is 5.91 Å². The van der Waals surface area contributed by atoms with Gasteiger partial charge in [0.25, 0.3) is 0 Å². The lowest BCUT2D eigenvalue weighted by Crippen LogP contribution is -2.19. The van der Waals surface area contributed by atoms with E-state index in [1.807, 2.05) is 49.4 Å². The highest BCUT2D eigenvalue weighted by Gasteiger charge is 2.00. The van der Waals surface area contributed by atoms with Crippen LogP contribution in [0.25, 0.3) is 0 Å². The van der Waals surface area contributed by atoms with Crippen LogP contribution in [0.5, 0.6) is 0 Å². The Balaban J connectivity index is 1.70. The molecule has 0 aliphatic heterocycles. The van der Waals surface area contributed by atoms with E-state index in [0.29, 0.717) is 5.75 Å². The van der Waals surface area contributed by atoms with E-state index in [2.05, 4.69) is 22.7 Å². The third kappa shape index (κ3) is 5.83. The fourth-order valence-electron chi connectivity index (χ4n) is 1.80. The molecule has 0 aliphatic rings. The van der Waals surface area contributed by atoms with Gasteiger partial charge in [0.1, 0.15) is 0 Å². The van der Waals surface area contributed by atoms with Crippen molar-refractivity contribution in [1.29, 1.82) is 0 Å². The van der Waals surface area contributed by atoms with E-state index in [1.54, 1.807) is 18.0 Å². The van der Waals surface area contributed by atoms with Crippen LogP contribution < -0.4 is 5.43 Å². The maximum absolute atomic E-state index is 11.6. The molecule has 0 atom stereocenters. The third-order valence-corrected chi connectivity index (χ3v) is 3.79. The first-order chi connectivity index (χ1) is 10.2. The first kappa shape index (κ1) is 15.3. The number of benzene rings is 2. The molecule has 3 nitrogen and oxygen atoms in total. The fraction of sp³-hybridized carbons (Fsp3) is 0.176. The second-order valence-electron chi connectivity index (χ2n) is 4.69. The van der Waals surface area contributed by atoms with E-state index < -0.39 is 0 Å². The van der Waals surface area contributed by atoms with E-state index in [9.17, 15) is 4.79 Å². The Hall–Kier alpha value is -2.07. The molecule has 4 heteroatoms. The molecule has 0 aliphatic carbocycles. The van der Waals surface area contributed by atoms with Gasteiger partial charge in [-0.3, -0.25) is 4.79 Å². The molecule has 0 radical (unpaired) electrons. The lowest BCUT2D eigenvalue weighted by atomic mass is 10.2. The van der Waals surface area contributed by atoms with Crippen LogP contribution in [0, 0.1) is 6.92 Å². The van der Waals surface area contributed by atoms with E-state index in [1.165, 1.54) is 11.1 Å². The molecule has 0 saturated heterocycles. The van der Waals surface area contributed by atoms with E-state index in [-0.39, 0.29) is 5.91 Å². The fourth-order valence-corrected chi connectivity index (χ4v) is 2.58. The van der Waals surface area contributed by atoms with Crippen LogP contribution in [0.2, 0.25) is 0 Å². The summed E-state index contributed by atoms with van der Waals surface area (Å²) in [7, 11) is 0. The van der Waals surface area contributed by atoms with Gasteiger partial charge in [0.05, 0.1) is 12.0 Å². The summed E-state index contributed by atoms with van der Waals surface area (Å²) in [4.78, 5) is 11.6. The average molecular weight is 298 g/mol. The van der Waals surface area contributed by atoms with Crippen LogP contribution in [0.1, 0.15) is 16.7 Å². The number of aryl methyl sites for hydroxylation is 1. The predicted molar refractivity (Wildman–Crippen MR) is 89.5 cm³/mol. The molecule has 2 aromatic rings. The quantitative estimate of drug-likeness (QED) is 0.656. The van der Waals surface area contributed by atoms with Crippen LogP contribution in [-0.2, 0) is 10.5 Å². The van der Waals surface area contributed by atoms with Gasteiger partial charge in [0, 0.05) is 5.75 Å². The number of thioether (sulfide) groups is 1. The molecule has 0 heterocycles. The molecule has 0 spiro atoms. The number of carbonyl (C=O) groups is 1. The molecule has 1 N–H and O–H groups in total. The van der Waals surface area contributed by atoms with Crippen LogP contribution in [0.3, 0.4) is 0 Å². The minimum absolute atomic E-state index is 0.0835. The van der Waals surface area contributed by atoms with Crippen molar-refractivity contribution in [3.05, 3.63) is 71.3 Å². The minimum Gasteiger partial charge on any atom is -0.272 e. The van der Waals surface area contributed by atoms with Gasteiger partial charge >= 0.3 is 0 Å². The summed E-state index contributed by atoms with van der Waals surface area (Å²) in [6, 6.07) is 18.1. The normalized spacial score (nSPS) is 10.7. The first-order valence-corrected chi connectivity index (χ1v) is 7.90. The Morgan fingerprint density at radius 3 is 2.76 bits per heavy atom. The molecule has 2 aromatic carbocycles. The highest BCUT2D eigenvalue weighted by Crippen LogP contribution is 2.10. The summed E-state index contributed by atoms with van der Waals surface area (Å²) >= 11 is 1.58. The predicted octanol–water partition coefficient (Wildman–Crippen LogP) is 3.38. The van der Waals surface area contributed by atoms with Gasteiger partial charge < -0.3 is 0 Å². The van der Waals surface area contributed by atoms with E-state index in [4.69, 9.17) is 0 Å². The largest absolute Gasteiger partial charge is 0.272 e. The first-order valence-electron chi connectivity index (χ1n) is 6.74. The highest BCUT2D eigenvalue weighted by molar-refractivity contribution is 7.99. The highest BCUT2D eigenvalue weighted by atomic mass is 32.2. The monoisotopic (exact) mass is 298 g/mol. The summed E-state index contributed by atoms with van der Waals surface area (Å²) in [6.07, 6.45) is 1.66. The zero-order valence-electron chi connectivity index (χ0n) is 12.0. The van der Waals surface area contributed by atoms with Crippen LogP contribution in [0.4, 0.5) is 0 Å². The number of hydrazone groups is 1. The molecule has 0 aromatic heterocycles. The van der Waals surface area contributed by atoms with Crippen molar-refractivity contribution in [3.63, 3.8) is 0 Å². The van der Waals surface area contributed by atoms with Crippen molar-refractivity contribution >= 4 is 23.9 Å². The second-order valence-corrected chi connectivity index (χ2v) is 5.67. The van der Waals surface area contributed by atoms with Crippen molar-refractivity contribution in [2.75, 3.05) is 5.75 Å². The van der Waals surface area contributed by atoms with Gasteiger partial charge in [-0.15, -0.1) is 11.8 Å². The molecule has 2 rings (SSSR count). The Morgan fingerprint density at radius 2 is 2.00 bits per heavy atom. The Labute approximate surface area is 129 Å².